The molecule has 2 heterocycles. The number of nitrogens with zero attached hydrogens (tertiary/aromatic N) is 2. The molecule has 4 aromatic rings. The van der Waals surface area contributed by atoms with Gasteiger partial charge in [0.1, 0.15) is 12.6 Å². The van der Waals surface area contributed by atoms with Crippen molar-refractivity contribution in [1.82, 2.24) is 15.2 Å². The molecule has 3 aromatic carbocycles. The van der Waals surface area contributed by atoms with Gasteiger partial charge in [-0.2, -0.15) is 0 Å². The fourth-order valence-corrected chi connectivity index (χ4v) is 5.96. The van der Waals surface area contributed by atoms with Crippen LogP contribution >= 0.6 is 0 Å². The quantitative estimate of drug-likeness (QED) is 0.288. The SMILES string of the molecule is CC(C)(C)OC1CC(C(=O)NCc2ccc(-c3cnco3)cc2)N(C(=O)OCC2c3ccccc3-c3ccccc32)C1. The van der Waals surface area contributed by atoms with Crippen LogP contribution in [0.4, 0.5) is 4.79 Å². The molecule has 1 fully saturated rings. The molecule has 42 heavy (non-hydrogen) atoms. The second-order valence-electron chi connectivity index (χ2n) is 11.8. The number of rotatable bonds is 7. The largest absolute Gasteiger partial charge is 0.448 e. The first-order valence-electron chi connectivity index (χ1n) is 14.3. The number of hydrogen-bond donors (Lipinski definition) is 1. The molecule has 1 N–H and O–H groups in total. The van der Waals surface area contributed by atoms with Gasteiger partial charge < -0.3 is 19.2 Å². The van der Waals surface area contributed by atoms with Crippen molar-refractivity contribution in [2.24, 2.45) is 0 Å². The Bertz CT molecular complexity index is 1510. The average Bonchev–Trinajstić information content (AvgIpc) is 3.73. The van der Waals surface area contributed by atoms with Crippen LogP contribution in [0.15, 0.2) is 89.8 Å². The van der Waals surface area contributed by atoms with Crippen LogP contribution in [-0.2, 0) is 20.8 Å². The van der Waals surface area contributed by atoms with E-state index in [-0.39, 0.29) is 31.1 Å². The zero-order valence-corrected chi connectivity index (χ0v) is 24.1. The summed E-state index contributed by atoms with van der Waals surface area (Å²) in [6.07, 6.45) is 2.67. The Labute approximate surface area is 245 Å². The van der Waals surface area contributed by atoms with Gasteiger partial charge in [0.25, 0.3) is 0 Å². The first-order chi connectivity index (χ1) is 20.3. The van der Waals surface area contributed by atoms with Crippen molar-refractivity contribution in [3.8, 4) is 22.5 Å². The number of benzene rings is 3. The van der Waals surface area contributed by atoms with Crippen LogP contribution in [0, 0.1) is 0 Å². The molecule has 1 saturated heterocycles. The van der Waals surface area contributed by atoms with E-state index >= 15 is 0 Å². The molecule has 2 aliphatic rings. The summed E-state index contributed by atoms with van der Waals surface area (Å²) in [5.41, 5.74) is 6.05. The van der Waals surface area contributed by atoms with Crippen LogP contribution in [0.1, 0.15) is 49.8 Å². The third-order valence-corrected chi connectivity index (χ3v) is 7.79. The second-order valence-corrected chi connectivity index (χ2v) is 11.8. The Morgan fingerprint density at radius 2 is 1.64 bits per heavy atom. The molecule has 0 spiro atoms. The van der Waals surface area contributed by atoms with Crippen molar-refractivity contribution in [1.29, 1.82) is 0 Å². The average molecular weight is 566 g/mol. The van der Waals surface area contributed by atoms with Gasteiger partial charge in [0.2, 0.25) is 5.91 Å². The van der Waals surface area contributed by atoms with E-state index in [1.165, 1.54) is 22.4 Å². The smallest absolute Gasteiger partial charge is 0.410 e. The molecule has 2 amide bonds. The minimum absolute atomic E-state index is 0.0576. The molecule has 0 saturated carbocycles. The first-order valence-corrected chi connectivity index (χ1v) is 14.3. The van der Waals surface area contributed by atoms with Gasteiger partial charge in [0.15, 0.2) is 12.2 Å². The van der Waals surface area contributed by atoms with E-state index in [2.05, 4.69) is 34.6 Å². The number of oxazole rings is 1. The Kier molecular flexibility index (Phi) is 7.56. The van der Waals surface area contributed by atoms with Crippen LogP contribution in [0.5, 0.6) is 0 Å². The molecule has 6 rings (SSSR count). The monoisotopic (exact) mass is 565 g/mol. The predicted molar refractivity (Wildman–Crippen MR) is 159 cm³/mol. The van der Waals surface area contributed by atoms with E-state index in [4.69, 9.17) is 13.9 Å². The molecule has 216 valence electrons. The topological polar surface area (TPSA) is 93.9 Å². The lowest BCUT2D eigenvalue weighted by Crippen LogP contribution is -2.46. The Balaban J connectivity index is 1.13. The molecule has 1 aliphatic heterocycles. The Hall–Kier alpha value is -4.43. The van der Waals surface area contributed by atoms with E-state index in [0.717, 1.165) is 22.3 Å². The highest BCUT2D eigenvalue weighted by molar-refractivity contribution is 5.86. The number of likely N-dealkylation sites (tertiary alicyclic amines) is 1. The van der Waals surface area contributed by atoms with Crippen LogP contribution < -0.4 is 5.32 Å². The highest BCUT2D eigenvalue weighted by Crippen LogP contribution is 2.44. The van der Waals surface area contributed by atoms with Gasteiger partial charge in [0, 0.05) is 24.4 Å². The van der Waals surface area contributed by atoms with Crippen LogP contribution in [0.2, 0.25) is 0 Å². The third-order valence-electron chi connectivity index (χ3n) is 7.79. The maximum absolute atomic E-state index is 13.5. The number of aromatic nitrogens is 1. The maximum Gasteiger partial charge on any atom is 0.410 e. The number of nitrogens with one attached hydrogen (secondary N) is 1. The molecule has 0 bridgehead atoms. The zero-order chi connectivity index (χ0) is 29.3. The van der Waals surface area contributed by atoms with E-state index in [0.29, 0.717) is 18.7 Å². The molecule has 2 unspecified atom stereocenters. The van der Waals surface area contributed by atoms with Gasteiger partial charge in [0.05, 0.1) is 24.4 Å². The summed E-state index contributed by atoms with van der Waals surface area (Å²) in [5, 5.41) is 3.01. The minimum Gasteiger partial charge on any atom is -0.448 e. The molecule has 1 aliphatic carbocycles. The zero-order valence-electron chi connectivity index (χ0n) is 24.1. The highest BCUT2D eigenvalue weighted by atomic mass is 16.6. The van der Waals surface area contributed by atoms with Crippen molar-refractivity contribution in [2.75, 3.05) is 13.2 Å². The van der Waals surface area contributed by atoms with Gasteiger partial charge >= 0.3 is 6.09 Å². The van der Waals surface area contributed by atoms with E-state index in [9.17, 15) is 9.59 Å². The van der Waals surface area contributed by atoms with Crippen molar-refractivity contribution >= 4 is 12.0 Å². The molecule has 2 atom stereocenters. The minimum atomic E-state index is -0.693. The standard InChI is InChI=1S/C34H35N3O5/c1-34(2,3)42-24-16-30(32(38)36-17-22-12-14-23(15-13-22)31-18-35-21-41-31)37(19-24)33(39)40-20-29-27-10-6-4-8-25(27)26-9-5-7-11-28(26)29/h4-15,18,21,24,29-30H,16-17,19-20H2,1-3H3,(H,36,38). The van der Waals surface area contributed by atoms with Gasteiger partial charge in [-0.3, -0.25) is 9.69 Å². The van der Waals surface area contributed by atoms with Crippen molar-refractivity contribution in [3.63, 3.8) is 0 Å². The summed E-state index contributed by atoms with van der Waals surface area (Å²) in [6, 6.07) is 23.5. The second kappa shape index (κ2) is 11.4. The molecular weight excluding hydrogens is 530 g/mol. The lowest BCUT2D eigenvalue weighted by atomic mass is 9.98. The fourth-order valence-electron chi connectivity index (χ4n) is 5.96. The lowest BCUT2D eigenvalue weighted by molar-refractivity contribution is -0.125. The first kappa shape index (κ1) is 27.7. The fraction of sp³-hybridized carbons (Fsp3) is 0.324. The van der Waals surface area contributed by atoms with Gasteiger partial charge in [-0.1, -0.05) is 72.8 Å². The molecule has 8 heteroatoms. The molecule has 1 aromatic heterocycles. The Morgan fingerprint density at radius 3 is 2.26 bits per heavy atom. The number of hydrogen-bond acceptors (Lipinski definition) is 6. The third kappa shape index (κ3) is 5.81. The van der Waals surface area contributed by atoms with Crippen molar-refractivity contribution in [2.45, 2.75) is 57.4 Å². The van der Waals surface area contributed by atoms with Crippen molar-refractivity contribution < 1.29 is 23.5 Å². The number of fused-ring (bicyclic) bond motifs is 3. The summed E-state index contributed by atoms with van der Waals surface area (Å²) in [7, 11) is 0. The number of amides is 2. The molecule has 0 radical (unpaired) electrons. The van der Waals surface area contributed by atoms with Gasteiger partial charge in [-0.15, -0.1) is 0 Å². The van der Waals surface area contributed by atoms with E-state index in [1.807, 2.05) is 69.3 Å². The number of carbonyl (C=O) groups is 2. The highest BCUT2D eigenvalue weighted by Gasteiger charge is 2.42. The predicted octanol–water partition coefficient (Wildman–Crippen LogP) is 6.16. The van der Waals surface area contributed by atoms with Gasteiger partial charge in [-0.05, 0) is 48.6 Å². The van der Waals surface area contributed by atoms with Crippen LogP contribution in [-0.4, -0.2) is 52.8 Å². The summed E-state index contributed by atoms with van der Waals surface area (Å²) < 4.78 is 17.5. The van der Waals surface area contributed by atoms with Crippen LogP contribution in [0.25, 0.3) is 22.5 Å². The van der Waals surface area contributed by atoms with E-state index in [1.54, 1.807) is 6.20 Å². The lowest BCUT2D eigenvalue weighted by Gasteiger charge is -2.25. The summed E-state index contributed by atoms with van der Waals surface area (Å²) in [5.74, 6) is 0.390. The number of ether oxygens (including phenoxy) is 2. The van der Waals surface area contributed by atoms with Crippen LogP contribution in [0.3, 0.4) is 0 Å². The van der Waals surface area contributed by atoms with Crippen molar-refractivity contribution in [3.05, 3.63) is 102 Å². The Morgan fingerprint density at radius 1 is 0.976 bits per heavy atom. The molecular formula is C34H35N3O5. The normalized spacial score (nSPS) is 18.0. The number of carbonyl (C=O) groups excluding carboxylic acids is 2. The summed E-state index contributed by atoms with van der Waals surface area (Å²) in [4.78, 5) is 32.4. The van der Waals surface area contributed by atoms with Gasteiger partial charge in [-0.25, -0.2) is 9.78 Å². The van der Waals surface area contributed by atoms with E-state index < -0.39 is 17.7 Å². The molecule has 8 nitrogen and oxygen atoms in total. The summed E-state index contributed by atoms with van der Waals surface area (Å²) in [6.45, 7) is 6.73. The summed E-state index contributed by atoms with van der Waals surface area (Å²) >= 11 is 0. The maximum atomic E-state index is 13.5.